The minimum Gasteiger partial charge on any atom is -0.497 e. The molecule has 1 atom stereocenters. The first-order valence-corrected chi connectivity index (χ1v) is 10.9. The number of hydrogen-bond acceptors (Lipinski definition) is 2. The number of methoxy groups -OCH3 is 1. The molecule has 0 unspecified atom stereocenters. The first-order valence-electron chi connectivity index (χ1n) is 10.1. The number of ether oxygens (including phenoxy) is 1. The van der Waals surface area contributed by atoms with Gasteiger partial charge in [0.1, 0.15) is 5.75 Å². The lowest BCUT2D eigenvalue weighted by molar-refractivity contribution is 0.0948. The average Bonchev–Trinajstić information content (AvgIpc) is 2.73. The first kappa shape index (κ1) is 20.7. The van der Waals surface area contributed by atoms with E-state index < -0.39 is 0 Å². The van der Waals surface area contributed by atoms with Crippen LogP contribution in [0.25, 0.3) is 0 Å². The van der Waals surface area contributed by atoms with E-state index in [-0.39, 0.29) is 16.9 Å². The van der Waals surface area contributed by atoms with Crippen LogP contribution in [0.3, 0.4) is 0 Å². The van der Waals surface area contributed by atoms with Gasteiger partial charge in [0.05, 0.1) is 7.11 Å². The van der Waals surface area contributed by atoms with E-state index in [9.17, 15) is 4.79 Å². The van der Waals surface area contributed by atoms with Crippen molar-refractivity contribution in [2.45, 2.75) is 38.1 Å². The lowest BCUT2D eigenvalue weighted by Gasteiger charge is -2.51. The van der Waals surface area contributed by atoms with E-state index >= 15 is 0 Å². The maximum Gasteiger partial charge on any atom is 0.258 e. The standard InChI is InChI=1S/C26H26BrNO2/c1-25(2)17-26(3,19-11-15-21(30-4)16-12-19)22-7-5-6-8-23(22)28(25)24(29)18-9-13-20(27)14-10-18/h5-16H,17H2,1-4H3/t26-/m1/s1. The third kappa shape index (κ3) is 3.43. The molecule has 0 spiro atoms. The quantitative estimate of drug-likeness (QED) is 0.438. The Balaban J connectivity index is 1.85. The molecule has 0 N–H and O–H groups in total. The number of rotatable bonds is 3. The van der Waals surface area contributed by atoms with Crippen molar-refractivity contribution < 1.29 is 9.53 Å². The highest BCUT2D eigenvalue weighted by atomic mass is 79.9. The molecule has 1 heterocycles. The third-order valence-corrected chi connectivity index (χ3v) is 6.68. The lowest BCUT2D eigenvalue weighted by atomic mass is 9.65. The van der Waals surface area contributed by atoms with Gasteiger partial charge >= 0.3 is 0 Å². The number of carbonyl (C=O) groups excluding carboxylic acids is 1. The highest BCUT2D eigenvalue weighted by molar-refractivity contribution is 9.10. The SMILES string of the molecule is COc1ccc([C@@]2(C)CC(C)(C)N(C(=O)c3ccc(Br)cc3)c3ccccc32)cc1. The molecule has 0 aromatic heterocycles. The number of benzene rings is 3. The molecule has 0 aliphatic carbocycles. The van der Waals surface area contributed by atoms with Crippen LogP contribution in [0.15, 0.2) is 77.3 Å². The Kier molecular flexibility index (Phi) is 5.23. The summed E-state index contributed by atoms with van der Waals surface area (Å²) in [4.78, 5) is 15.6. The molecular formula is C26H26BrNO2. The van der Waals surface area contributed by atoms with Crippen molar-refractivity contribution in [1.29, 1.82) is 0 Å². The second-order valence-electron chi connectivity index (χ2n) is 8.71. The highest BCUT2D eigenvalue weighted by Crippen LogP contribution is 2.50. The normalized spacial score (nSPS) is 19.8. The minimum atomic E-state index is -0.368. The molecule has 3 aromatic rings. The van der Waals surface area contributed by atoms with E-state index in [2.05, 4.69) is 67.0 Å². The van der Waals surface area contributed by atoms with Gasteiger partial charge in [-0.15, -0.1) is 0 Å². The van der Waals surface area contributed by atoms with E-state index in [1.807, 2.05) is 47.4 Å². The van der Waals surface area contributed by atoms with E-state index in [0.29, 0.717) is 5.56 Å². The van der Waals surface area contributed by atoms with Gasteiger partial charge < -0.3 is 9.64 Å². The van der Waals surface area contributed by atoms with Gasteiger partial charge in [0, 0.05) is 26.7 Å². The Hall–Kier alpha value is -2.59. The van der Waals surface area contributed by atoms with Gasteiger partial charge in [0.15, 0.2) is 0 Å². The highest BCUT2D eigenvalue weighted by Gasteiger charge is 2.47. The number of anilines is 1. The van der Waals surface area contributed by atoms with E-state index in [1.165, 1.54) is 11.1 Å². The summed E-state index contributed by atoms with van der Waals surface area (Å²) >= 11 is 3.46. The average molecular weight is 464 g/mol. The molecule has 154 valence electrons. The minimum absolute atomic E-state index is 0.0248. The topological polar surface area (TPSA) is 29.5 Å². The van der Waals surface area contributed by atoms with Crippen LogP contribution >= 0.6 is 15.9 Å². The van der Waals surface area contributed by atoms with E-state index in [4.69, 9.17) is 4.74 Å². The van der Waals surface area contributed by atoms with Crippen LogP contribution in [0, 0.1) is 0 Å². The van der Waals surface area contributed by atoms with E-state index in [0.717, 1.165) is 22.3 Å². The summed E-state index contributed by atoms with van der Waals surface area (Å²) in [6.45, 7) is 6.58. The molecule has 1 aliphatic rings. The summed E-state index contributed by atoms with van der Waals surface area (Å²) < 4.78 is 6.31. The van der Waals surface area contributed by atoms with Crippen LogP contribution in [0.1, 0.15) is 48.7 Å². The second-order valence-corrected chi connectivity index (χ2v) is 9.63. The predicted octanol–water partition coefficient (Wildman–Crippen LogP) is 6.59. The summed E-state index contributed by atoms with van der Waals surface area (Å²) in [7, 11) is 1.68. The molecule has 3 nitrogen and oxygen atoms in total. The van der Waals surface area contributed by atoms with Gasteiger partial charge in [-0.2, -0.15) is 0 Å². The van der Waals surface area contributed by atoms with Crippen LogP contribution in [0.4, 0.5) is 5.69 Å². The molecule has 4 rings (SSSR count). The maximum atomic E-state index is 13.6. The number of hydrogen-bond donors (Lipinski definition) is 0. The van der Waals surface area contributed by atoms with Crippen molar-refractivity contribution >= 4 is 27.5 Å². The third-order valence-electron chi connectivity index (χ3n) is 6.15. The molecule has 3 aromatic carbocycles. The molecular weight excluding hydrogens is 438 g/mol. The van der Waals surface area contributed by atoms with Crippen LogP contribution < -0.4 is 9.64 Å². The second kappa shape index (κ2) is 7.59. The van der Waals surface area contributed by atoms with Crippen molar-refractivity contribution in [3.8, 4) is 5.75 Å². The van der Waals surface area contributed by atoms with Gasteiger partial charge in [0.2, 0.25) is 0 Å². The monoisotopic (exact) mass is 463 g/mol. The van der Waals surface area contributed by atoms with E-state index in [1.54, 1.807) is 7.11 Å². The molecule has 0 bridgehead atoms. The zero-order chi connectivity index (χ0) is 21.5. The number of para-hydroxylation sites is 1. The van der Waals surface area contributed by atoms with Gasteiger partial charge in [-0.3, -0.25) is 4.79 Å². The summed E-state index contributed by atoms with van der Waals surface area (Å²) in [5, 5.41) is 0. The number of halogens is 1. The molecule has 30 heavy (non-hydrogen) atoms. The molecule has 1 aliphatic heterocycles. The predicted molar refractivity (Wildman–Crippen MR) is 126 cm³/mol. The fraction of sp³-hybridized carbons (Fsp3) is 0.269. The summed E-state index contributed by atoms with van der Waals surface area (Å²) in [5.41, 5.74) is 3.46. The van der Waals surface area contributed by atoms with Crippen LogP contribution in [-0.4, -0.2) is 18.6 Å². The van der Waals surface area contributed by atoms with Crippen LogP contribution in [-0.2, 0) is 5.41 Å². The number of nitrogens with zero attached hydrogens (tertiary/aromatic N) is 1. The summed E-state index contributed by atoms with van der Waals surface area (Å²) in [6, 6.07) is 24.2. The van der Waals surface area contributed by atoms with Crippen LogP contribution in [0.2, 0.25) is 0 Å². The maximum absolute atomic E-state index is 13.6. The Labute approximate surface area is 186 Å². The smallest absolute Gasteiger partial charge is 0.258 e. The van der Waals surface area contributed by atoms with Gasteiger partial charge in [-0.1, -0.05) is 53.2 Å². The number of amides is 1. The summed E-state index contributed by atoms with van der Waals surface area (Å²) in [6.07, 6.45) is 0.811. The molecule has 0 saturated heterocycles. The van der Waals surface area contributed by atoms with Crippen molar-refractivity contribution in [2.24, 2.45) is 0 Å². The van der Waals surface area contributed by atoms with Crippen molar-refractivity contribution in [3.05, 3.63) is 94.0 Å². The van der Waals surface area contributed by atoms with Crippen molar-refractivity contribution in [2.75, 3.05) is 12.0 Å². The number of fused-ring (bicyclic) bond motifs is 1. The zero-order valence-corrected chi connectivity index (χ0v) is 19.4. The molecule has 0 fully saturated rings. The fourth-order valence-electron chi connectivity index (χ4n) is 4.82. The summed E-state index contributed by atoms with van der Waals surface area (Å²) in [5.74, 6) is 0.870. The first-order chi connectivity index (χ1) is 14.3. The van der Waals surface area contributed by atoms with Gasteiger partial charge in [-0.05, 0) is 73.9 Å². The largest absolute Gasteiger partial charge is 0.497 e. The molecule has 0 radical (unpaired) electrons. The van der Waals surface area contributed by atoms with Crippen molar-refractivity contribution in [3.63, 3.8) is 0 Å². The molecule has 0 saturated carbocycles. The Morgan fingerprint density at radius 2 is 1.57 bits per heavy atom. The van der Waals surface area contributed by atoms with Crippen LogP contribution in [0.5, 0.6) is 5.75 Å². The molecule has 4 heteroatoms. The molecule has 1 amide bonds. The van der Waals surface area contributed by atoms with Crippen molar-refractivity contribution in [1.82, 2.24) is 0 Å². The van der Waals surface area contributed by atoms with Gasteiger partial charge in [0.25, 0.3) is 5.91 Å². The Bertz CT molecular complexity index is 1070. The van der Waals surface area contributed by atoms with Gasteiger partial charge in [-0.25, -0.2) is 0 Å². The lowest BCUT2D eigenvalue weighted by Crippen LogP contribution is -2.55. The Morgan fingerprint density at radius 3 is 2.20 bits per heavy atom. The Morgan fingerprint density at radius 1 is 0.933 bits per heavy atom. The number of carbonyl (C=O) groups is 1. The zero-order valence-electron chi connectivity index (χ0n) is 17.8. The fourth-order valence-corrected chi connectivity index (χ4v) is 5.09.